The summed E-state index contributed by atoms with van der Waals surface area (Å²) in [5.74, 6) is 1.45. The average Bonchev–Trinajstić information content (AvgIpc) is 2.52. The second-order valence-electron chi connectivity index (χ2n) is 7.29. The van der Waals surface area contributed by atoms with Gasteiger partial charge in [0.05, 0.1) is 5.60 Å². The number of rotatable bonds is 5. The highest BCUT2D eigenvalue weighted by atomic mass is 16.5. The van der Waals surface area contributed by atoms with E-state index in [2.05, 4.69) is 6.92 Å². The third-order valence-corrected chi connectivity index (χ3v) is 4.85. The molecule has 0 atom stereocenters. The lowest BCUT2D eigenvalue weighted by molar-refractivity contribution is -0.134. The zero-order valence-corrected chi connectivity index (χ0v) is 14.7. The standard InChI is InChI=1S/C19H29NO3/c1-14-5-9-16(10-6-14)20(4)18(21)13-23-17-11-7-15(8-12-17)19(2,3)22/h7-8,11-12,14,16,22H,5-6,9-10,13H2,1-4H3. The predicted molar refractivity (Wildman–Crippen MR) is 91.4 cm³/mol. The van der Waals surface area contributed by atoms with Gasteiger partial charge in [-0.1, -0.05) is 19.1 Å². The number of hydrogen-bond acceptors (Lipinski definition) is 3. The molecule has 0 spiro atoms. The van der Waals surface area contributed by atoms with Gasteiger partial charge < -0.3 is 14.7 Å². The molecule has 0 bridgehead atoms. The van der Waals surface area contributed by atoms with Crippen molar-refractivity contribution in [3.8, 4) is 5.75 Å². The molecule has 1 aromatic carbocycles. The van der Waals surface area contributed by atoms with E-state index in [0.29, 0.717) is 11.8 Å². The molecule has 23 heavy (non-hydrogen) atoms. The minimum Gasteiger partial charge on any atom is -0.484 e. The zero-order valence-electron chi connectivity index (χ0n) is 14.7. The first-order valence-electron chi connectivity index (χ1n) is 8.48. The molecule has 4 heteroatoms. The van der Waals surface area contributed by atoms with Crippen LogP contribution in [0.2, 0.25) is 0 Å². The summed E-state index contributed by atoms with van der Waals surface area (Å²) in [7, 11) is 1.88. The first-order chi connectivity index (χ1) is 10.8. The van der Waals surface area contributed by atoms with Crippen molar-refractivity contribution < 1.29 is 14.6 Å². The first kappa shape index (κ1) is 17.8. The minimum atomic E-state index is -0.868. The van der Waals surface area contributed by atoms with Gasteiger partial charge in [-0.3, -0.25) is 4.79 Å². The number of ether oxygens (including phenoxy) is 1. The maximum Gasteiger partial charge on any atom is 0.260 e. The van der Waals surface area contributed by atoms with Crippen LogP contribution in [0.1, 0.15) is 52.0 Å². The van der Waals surface area contributed by atoms with Crippen molar-refractivity contribution in [3.05, 3.63) is 29.8 Å². The summed E-state index contributed by atoms with van der Waals surface area (Å²) in [6, 6.07) is 7.59. The van der Waals surface area contributed by atoms with E-state index in [1.165, 1.54) is 12.8 Å². The third kappa shape index (κ3) is 4.96. The van der Waals surface area contributed by atoms with E-state index < -0.39 is 5.60 Å². The Kier molecular flexibility index (Phi) is 5.69. The Morgan fingerprint density at radius 3 is 2.30 bits per heavy atom. The molecule has 1 fully saturated rings. The van der Waals surface area contributed by atoms with Crippen LogP contribution in [0.25, 0.3) is 0 Å². The van der Waals surface area contributed by atoms with Crippen molar-refractivity contribution >= 4 is 5.91 Å². The van der Waals surface area contributed by atoms with Crippen LogP contribution in [0.5, 0.6) is 5.75 Å². The molecular weight excluding hydrogens is 290 g/mol. The fourth-order valence-corrected chi connectivity index (χ4v) is 3.04. The zero-order chi connectivity index (χ0) is 17.0. The molecule has 0 radical (unpaired) electrons. The molecule has 2 rings (SSSR count). The molecule has 1 N–H and O–H groups in total. The van der Waals surface area contributed by atoms with Crippen molar-refractivity contribution in [1.29, 1.82) is 0 Å². The van der Waals surface area contributed by atoms with E-state index in [-0.39, 0.29) is 12.5 Å². The van der Waals surface area contributed by atoms with Gasteiger partial charge in [0.2, 0.25) is 0 Å². The molecule has 1 aromatic rings. The Morgan fingerprint density at radius 1 is 1.22 bits per heavy atom. The van der Waals surface area contributed by atoms with Crippen molar-refractivity contribution in [2.24, 2.45) is 5.92 Å². The van der Waals surface area contributed by atoms with Crippen LogP contribution in [0.4, 0.5) is 0 Å². The van der Waals surface area contributed by atoms with Gasteiger partial charge in [-0.05, 0) is 63.1 Å². The third-order valence-electron chi connectivity index (χ3n) is 4.85. The van der Waals surface area contributed by atoms with Crippen molar-refractivity contribution in [2.45, 2.75) is 58.1 Å². The van der Waals surface area contributed by atoms with Gasteiger partial charge in [0.25, 0.3) is 5.91 Å². The van der Waals surface area contributed by atoms with Gasteiger partial charge in [0.15, 0.2) is 6.61 Å². The van der Waals surface area contributed by atoms with Crippen molar-refractivity contribution in [3.63, 3.8) is 0 Å². The second-order valence-corrected chi connectivity index (χ2v) is 7.29. The number of amides is 1. The Hall–Kier alpha value is -1.55. The van der Waals surface area contributed by atoms with Crippen LogP contribution < -0.4 is 4.74 Å². The minimum absolute atomic E-state index is 0.0242. The lowest BCUT2D eigenvalue weighted by atomic mass is 9.87. The SMILES string of the molecule is CC1CCC(N(C)C(=O)COc2ccc(C(C)(C)O)cc2)CC1. The lowest BCUT2D eigenvalue weighted by Gasteiger charge is -2.33. The van der Waals surface area contributed by atoms with Gasteiger partial charge in [-0.25, -0.2) is 0 Å². The molecular formula is C19H29NO3. The highest BCUT2D eigenvalue weighted by Crippen LogP contribution is 2.26. The molecule has 1 saturated carbocycles. The molecule has 0 aromatic heterocycles. The van der Waals surface area contributed by atoms with E-state index in [9.17, 15) is 9.90 Å². The summed E-state index contributed by atoms with van der Waals surface area (Å²) >= 11 is 0. The first-order valence-corrected chi connectivity index (χ1v) is 8.48. The Labute approximate surface area is 139 Å². The van der Waals surface area contributed by atoms with Gasteiger partial charge in [0, 0.05) is 13.1 Å². The van der Waals surface area contributed by atoms with E-state index in [0.717, 1.165) is 24.3 Å². The molecule has 128 valence electrons. The summed E-state index contributed by atoms with van der Waals surface area (Å²) < 4.78 is 5.60. The smallest absolute Gasteiger partial charge is 0.260 e. The highest BCUT2D eigenvalue weighted by Gasteiger charge is 2.25. The van der Waals surface area contributed by atoms with E-state index in [4.69, 9.17) is 4.74 Å². The van der Waals surface area contributed by atoms with Crippen LogP contribution in [0, 0.1) is 5.92 Å². The number of nitrogens with zero attached hydrogens (tertiary/aromatic N) is 1. The van der Waals surface area contributed by atoms with E-state index in [1.807, 2.05) is 24.1 Å². The van der Waals surface area contributed by atoms with Crippen LogP contribution in [-0.4, -0.2) is 35.6 Å². The maximum atomic E-state index is 12.3. The van der Waals surface area contributed by atoms with Gasteiger partial charge in [0.1, 0.15) is 5.75 Å². The average molecular weight is 319 g/mol. The summed E-state index contributed by atoms with van der Waals surface area (Å²) in [4.78, 5) is 14.1. The molecule has 0 unspecified atom stereocenters. The predicted octanol–water partition coefficient (Wildman–Crippen LogP) is 3.33. The normalized spacial score (nSPS) is 21.8. The van der Waals surface area contributed by atoms with Crippen LogP contribution in [-0.2, 0) is 10.4 Å². The maximum absolute atomic E-state index is 12.3. The Balaban J connectivity index is 1.84. The van der Waals surface area contributed by atoms with E-state index in [1.54, 1.807) is 26.0 Å². The molecule has 0 heterocycles. The molecule has 1 aliphatic carbocycles. The number of hydrogen-bond donors (Lipinski definition) is 1. The monoisotopic (exact) mass is 319 g/mol. The van der Waals surface area contributed by atoms with Gasteiger partial charge in [-0.15, -0.1) is 0 Å². The van der Waals surface area contributed by atoms with Crippen molar-refractivity contribution in [2.75, 3.05) is 13.7 Å². The topological polar surface area (TPSA) is 49.8 Å². The Bertz CT molecular complexity index is 510. The molecule has 1 amide bonds. The number of benzene rings is 1. The summed E-state index contributed by atoms with van der Waals surface area (Å²) in [5, 5.41) is 9.93. The number of carbonyl (C=O) groups is 1. The molecule has 1 aliphatic rings. The molecule has 0 aliphatic heterocycles. The van der Waals surface area contributed by atoms with Crippen LogP contribution >= 0.6 is 0 Å². The van der Waals surface area contributed by atoms with Crippen LogP contribution in [0.3, 0.4) is 0 Å². The molecule has 4 nitrogen and oxygen atoms in total. The van der Waals surface area contributed by atoms with Crippen molar-refractivity contribution in [1.82, 2.24) is 4.90 Å². The highest BCUT2D eigenvalue weighted by molar-refractivity contribution is 5.77. The quantitative estimate of drug-likeness (QED) is 0.905. The van der Waals surface area contributed by atoms with Crippen LogP contribution in [0.15, 0.2) is 24.3 Å². The molecule has 0 saturated heterocycles. The fraction of sp³-hybridized carbons (Fsp3) is 0.632. The van der Waals surface area contributed by atoms with E-state index >= 15 is 0 Å². The number of aliphatic hydroxyl groups is 1. The second kappa shape index (κ2) is 7.35. The van der Waals surface area contributed by atoms with Gasteiger partial charge in [-0.2, -0.15) is 0 Å². The summed E-state index contributed by atoms with van der Waals surface area (Å²) in [6.45, 7) is 5.82. The lowest BCUT2D eigenvalue weighted by Crippen LogP contribution is -2.41. The number of likely N-dealkylation sites (N-methyl/N-ethyl adjacent to an activating group) is 1. The summed E-state index contributed by atoms with van der Waals surface area (Å²) in [6.07, 6.45) is 4.57. The van der Waals surface area contributed by atoms with Gasteiger partial charge >= 0.3 is 0 Å². The Morgan fingerprint density at radius 2 is 1.78 bits per heavy atom. The summed E-state index contributed by atoms with van der Waals surface area (Å²) in [5.41, 5.74) is -0.0446. The number of carbonyl (C=O) groups excluding carboxylic acids is 1. The largest absolute Gasteiger partial charge is 0.484 e. The fourth-order valence-electron chi connectivity index (χ4n) is 3.04.